The van der Waals surface area contributed by atoms with E-state index < -0.39 is 0 Å². The number of hydrogen-bond acceptors (Lipinski definition) is 1. The second kappa shape index (κ2) is 6.42. The van der Waals surface area contributed by atoms with Crippen LogP contribution in [-0.4, -0.2) is 13.1 Å². The van der Waals surface area contributed by atoms with Crippen LogP contribution >= 0.6 is 0 Å². The third-order valence-corrected chi connectivity index (χ3v) is 3.41. The van der Waals surface area contributed by atoms with Crippen LogP contribution in [0, 0.1) is 11.8 Å². The fraction of sp³-hybridized carbons (Fsp3) is 1.00. The van der Waals surface area contributed by atoms with Crippen LogP contribution in [0.25, 0.3) is 0 Å². The standard InChI is InChI=1S/C10H19N.C2H6/c1-2-4-9-6-7-11-8-10(9)5-3-1;1-2/h9-11H,1-8H2;1-2H3. The lowest BCUT2D eigenvalue weighted by molar-refractivity contribution is 0.241. The second-order valence-electron chi connectivity index (χ2n) is 4.15. The molecule has 2 atom stereocenters. The smallest absolute Gasteiger partial charge is 0.00179 e. The zero-order valence-corrected chi connectivity index (χ0v) is 9.31. The van der Waals surface area contributed by atoms with Crippen LogP contribution in [0.1, 0.15) is 52.4 Å². The molecule has 1 N–H and O–H groups in total. The first-order valence-corrected chi connectivity index (χ1v) is 6.17. The average Bonchev–Trinajstić information content (AvgIpc) is 2.45. The molecule has 2 rings (SSSR count). The van der Waals surface area contributed by atoms with Crippen molar-refractivity contribution < 1.29 is 0 Å². The van der Waals surface area contributed by atoms with E-state index in [-0.39, 0.29) is 0 Å². The number of piperidine rings is 1. The monoisotopic (exact) mass is 183 g/mol. The van der Waals surface area contributed by atoms with Crippen molar-refractivity contribution in [2.75, 3.05) is 13.1 Å². The Morgan fingerprint density at radius 2 is 1.54 bits per heavy atom. The molecule has 1 nitrogen and oxygen atoms in total. The van der Waals surface area contributed by atoms with Gasteiger partial charge in [0, 0.05) is 0 Å². The zero-order valence-electron chi connectivity index (χ0n) is 9.31. The van der Waals surface area contributed by atoms with Crippen LogP contribution in [0.5, 0.6) is 0 Å². The van der Waals surface area contributed by atoms with Crippen LogP contribution in [0.15, 0.2) is 0 Å². The highest BCUT2D eigenvalue weighted by atomic mass is 14.9. The van der Waals surface area contributed by atoms with E-state index in [2.05, 4.69) is 5.32 Å². The molecule has 2 aliphatic rings. The molecule has 1 heterocycles. The Hall–Kier alpha value is -0.0400. The van der Waals surface area contributed by atoms with Gasteiger partial charge in [-0.3, -0.25) is 0 Å². The predicted octanol–water partition coefficient (Wildman–Crippen LogP) is 3.20. The molecular formula is C12H25N. The summed E-state index contributed by atoms with van der Waals surface area (Å²) in [7, 11) is 0. The molecule has 2 fully saturated rings. The van der Waals surface area contributed by atoms with E-state index in [0.717, 1.165) is 11.8 Å². The summed E-state index contributed by atoms with van der Waals surface area (Å²) in [5.74, 6) is 2.12. The van der Waals surface area contributed by atoms with Gasteiger partial charge in [0.2, 0.25) is 0 Å². The molecule has 0 aromatic heterocycles. The number of rotatable bonds is 0. The van der Waals surface area contributed by atoms with Crippen LogP contribution in [0.4, 0.5) is 0 Å². The van der Waals surface area contributed by atoms with Crippen molar-refractivity contribution >= 4 is 0 Å². The summed E-state index contributed by atoms with van der Waals surface area (Å²) in [6.07, 6.45) is 8.95. The van der Waals surface area contributed by atoms with E-state index in [1.165, 1.54) is 51.6 Å². The van der Waals surface area contributed by atoms with Crippen molar-refractivity contribution in [1.29, 1.82) is 0 Å². The highest BCUT2D eigenvalue weighted by Crippen LogP contribution is 2.32. The van der Waals surface area contributed by atoms with Gasteiger partial charge in [-0.25, -0.2) is 0 Å². The number of fused-ring (bicyclic) bond motifs is 1. The van der Waals surface area contributed by atoms with E-state index in [9.17, 15) is 0 Å². The van der Waals surface area contributed by atoms with Crippen LogP contribution in [0.3, 0.4) is 0 Å². The van der Waals surface area contributed by atoms with Crippen molar-refractivity contribution in [1.82, 2.24) is 5.32 Å². The minimum absolute atomic E-state index is 1.03. The van der Waals surface area contributed by atoms with Gasteiger partial charge < -0.3 is 5.32 Å². The van der Waals surface area contributed by atoms with Crippen molar-refractivity contribution in [2.24, 2.45) is 11.8 Å². The van der Waals surface area contributed by atoms with Gasteiger partial charge in [-0.05, 0) is 37.8 Å². The first-order valence-electron chi connectivity index (χ1n) is 6.17. The first kappa shape index (κ1) is 11.0. The Balaban J connectivity index is 0.000000396. The largest absolute Gasteiger partial charge is 0.316 e. The zero-order chi connectivity index (χ0) is 9.52. The highest BCUT2D eigenvalue weighted by molar-refractivity contribution is 4.79. The predicted molar refractivity (Wildman–Crippen MR) is 58.9 cm³/mol. The second-order valence-corrected chi connectivity index (χ2v) is 4.15. The van der Waals surface area contributed by atoms with Crippen molar-refractivity contribution in [3.63, 3.8) is 0 Å². The fourth-order valence-corrected chi connectivity index (χ4v) is 2.68. The topological polar surface area (TPSA) is 12.0 Å². The summed E-state index contributed by atoms with van der Waals surface area (Å²) in [6, 6.07) is 0. The minimum Gasteiger partial charge on any atom is -0.316 e. The molecule has 1 aliphatic heterocycles. The van der Waals surface area contributed by atoms with Gasteiger partial charge in [0.05, 0.1) is 0 Å². The molecule has 1 heteroatoms. The molecule has 0 radical (unpaired) electrons. The lowest BCUT2D eigenvalue weighted by Crippen LogP contribution is -2.35. The summed E-state index contributed by atoms with van der Waals surface area (Å²) >= 11 is 0. The Morgan fingerprint density at radius 3 is 2.31 bits per heavy atom. The Morgan fingerprint density at radius 1 is 0.846 bits per heavy atom. The van der Waals surface area contributed by atoms with Crippen molar-refractivity contribution in [2.45, 2.75) is 52.4 Å². The molecule has 0 bridgehead atoms. The lowest BCUT2D eigenvalue weighted by Gasteiger charge is -2.30. The van der Waals surface area contributed by atoms with Crippen LogP contribution in [-0.2, 0) is 0 Å². The van der Waals surface area contributed by atoms with E-state index >= 15 is 0 Å². The van der Waals surface area contributed by atoms with Gasteiger partial charge in [-0.1, -0.05) is 39.5 Å². The third-order valence-electron chi connectivity index (χ3n) is 3.41. The highest BCUT2D eigenvalue weighted by Gasteiger charge is 2.25. The maximum absolute atomic E-state index is 3.51. The van der Waals surface area contributed by atoms with Gasteiger partial charge in [-0.2, -0.15) is 0 Å². The summed E-state index contributed by atoms with van der Waals surface area (Å²) in [4.78, 5) is 0. The number of hydrogen-bond donors (Lipinski definition) is 1. The molecule has 1 aliphatic carbocycles. The van der Waals surface area contributed by atoms with E-state index in [4.69, 9.17) is 0 Å². The maximum Gasteiger partial charge on any atom is -0.00179 e. The normalized spacial score (nSPS) is 33.7. The Labute approximate surface area is 83.3 Å². The third kappa shape index (κ3) is 3.30. The maximum atomic E-state index is 3.51. The fourth-order valence-electron chi connectivity index (χ4n) is 2.68. The van der Waals surface area contributed by atoms with E-state index in [0.29, 0.717) is 0 Å². The lowest BCUT2D eigenvalue weighted by atomic mass is 9.83. The van der Waals surface area contributed by atoms with Crippen LogP contribution in [0.2, 0.25) is 0 Å². The first-order chi connectivity index (χ1) is 6.47. The summed E-state index contributed by atoms with van der Waals surface area (Å²) in [5, 5.41) is 3.51. The molecular weight excluding hydrogens is 158 g/mol. The van der Waals surface area contributed by atoms with Crippen LogP contribution < -0.4 is 5.32 Å². The van der Waals surface area contributed by atoms with E-state index in [1.807, 2.05) is 13.8 Å². The van der Waals surface area contributed by atoms with E-state index in [1.54, 1.807) is 0 Å². The van der Waals surface area contributed by atoms with Crippen molar-refractivity contribution in [3.8, 4) is 0 Å². The summed E-state index contributed by atoms with van der Waals surface area (Å²) in [5.41, 5.74) is 0. The molecule has 2 unspecified atom stereocenters. The Kier molecular flexibility index (Phi) is 5.45. The molecule has 0 spiro atoms. The van der Waals surface area contributed by atoms with Gasteiger partial charge >= 0.3 is 0 Å². The SMILES string of the molecule is C1CCC2CCNCC2CC1.CC. The molecule has 78 valence electrons. The van der Waals surface area contributed by atoms with Crippen molar-refractivity contribution in [3.05, 3.63) is 0 Å². The molecule has 0 aromatic rings. The molecule has 1 saturated heterocycles. The van der Waals surface area contributed by atoms with Gasteiger partial charge in [0.1, 0.15) is 0 Å². The molecule has 0 aromatic carbocycles. The minimum atomic E-state index is 1.03. The van der Waals surface area contributed by atoms with Gasteiger partial charge in [-0.15, -0.1) is 0 Å². The quantitative estimate of drug-likeness (QED) is 0.608. The number of nitrogens with one attached hydrogen (secondary N) is 1. The van der Waals surface area contributed by atoms with Gasteiger partial charge in [0.25, 0.3) is 0 Å². The molecule has 0 amide bonds. The molecule has 13 heavy (non-hydrogen) atoms. The van der Waals surface area contributed by atoms with Gasteiger partial charge in [0.15, 0.2) is 0 Å². The summed E-state index contributed by atoms with van der Waals surface area (Å²) in [6.45, 7) is 6.59. The average molecular weight is 183 g/mol. The summed E-state index contributed by atoms with van der Waals surface area (Å²) < 4.78 is 0. The molecule has 1 saturated carbocycles. The Bertz CT molecular complexity index is 108.